The van der Waals surface area contributed by atoms with E-state index >= 15 is 0 Å². The summed E-state index contributed by atoms with van der Waals surface area (Å²) in [6, 6.07) is 0. The van der Waals surface area contributed by atoms with Crippen LogP contribution in [-0.2, 0) is 12.0 Å². The van der Waals surface area contributed by atoms with Crippen LogP contribution in [0.15, 0.2) is 6.20 Å². The normalized spacial score (nSPS) is 18.2. The van der Waals surface area contributed by atoms with E-state index in [-0.39, 0.29) is 5.41 Å². The van der Waals surface area contributed by atoms with Gasteiger partial charge in [-0.2, -0.15) is 0 Å². The summed E-state index contributed by atoms with van der Waals surface area (Å²) in [5.41, 5.74) is 1.18. The fourth-order valence-corrected chi connectivity index (χ4v) is 2.00. The fraction of sp³-hybridized carbons (Fsp3) is 0.833. The van der Waals surface area contributed by atoms with Crippen LogP contribution in [0.4, 0.5) is 0 Å². The minimum atomic E-state index is 0.103. The molecule has 1 aliphatic heterocycles. The summed E-state index contributed by atoms with van der Waals surface area (Å²) in [5, 5.41) is 8.41. The Bertz CT molecular complexity index is 331. The van der Waals surface area contributed by atoms with Crippen molar-refractivity contribution in [3.8, 4) is 0 Å². The molecule has 2 heterocycles. The van der Waals surface area contributed by atoms with Crippen molar-refractivity contribution < 1.29 is 0 Å². The zero-order valence-electron chi connectivity index (χ0n) is 10.6. The Kier molecular flexibility index (Phi) is 3.28. The first-order valence-corrected chi connectivity index (χ1v) is 6.19. The van der Waals surface area contributed by atoms with Crippen LogP contribution in [0.25, 0.3) is 0 Å². The summed E-state index contributed by atoms with van der Waals surface area (Å²) in [6.45, 7) is 11.1. The number of rotatable bonds is 3. The molecule has 0 spiro atoms. The molecule has 1 aromatic rings. The third-order valence-electron chi connectivity index (χ3n) is 3.15. The van der Waals surface area contributed by atoms with Crippen molar-refractivity contribution in [1.82, 2.24) is 19.9 Å². The molecule has 0 N–H and O–H groups in total. The van der Waals surface area contributed by atoms with Gasteiger partial charge in [0, 0.05) is 18.2 Å². The Hall–Kier alpha value is -0.900. The second-order valence-electron chi connectivity index (χ2n) is 5.67. The predicted molar refractivity (Wildman–Crippen MR) is 64.4 cm³/mol. The second-order valence-corrected chi connectivity index (χ2v) is 5.67. The predicted octanol–water partition coefficient (Wildman–Crippen LogP) is 1.67. The van der Waals surface area contributed by atoms with Crippen LogP contribution >= 0.6 is 0 Å². The van der Waals surface area contributed by atoms with Crippen molar-refractivity contribution >= 4 is 0 Å². The summed E-state index contributed by atoms with van der Waals surface area (Å²) in [5.74, 6) is 0. The third-order valence-corrected chi connectivity index (χ3v) is 3.15. The molecule has 0 amide bonds. The molecule has 0 bridgehead atoms. The third kappa shape index (κ3) is 2.82. The highest BCUT2D eigenvalue weighted by molar-refractivity contribution is 5.06. The summed E-state index contributed by atoms with van der Waals surface area (Å²) in [7, 11) is 0. The summed E-state index contributed by atoms with van der Waals surface area (Å²) in [6.07, 6.45) is 4.78. The van der Waals surface area contributed by atoms with Gasteiger partial charge in [-0.1, -0.05) is 26.0 Å². The van der Waals surface area contributed by atoms with Gasteiger partial charge in [0.15, 0.2) is 0 Å². The van der Waals surface area contributed by atoms with Gasteiger partial charge >= 0.3 is 0 Å². The monoisotopic (exact) mass is 222 g/mol. The van der Waals surface area contributed by atoms with Gasteiger partial charge in [-0.05, 0) is 25.9 Å². The molecule has 0 radical (unpaired) electrons. The van der Waals surface area contributed by atoms with Crippen LogP contribution in [0.3, 0.4) is 0 Å². The smallest absolute Gasteiger partial charge is 0.0880 e. The van der Waals surface area contributed by atoms with Gasteiger partial charge in [0.1, 0.15) is 0 Å². The molecule has 0 aliphatic carbocycles. The average Bonchev–Trinajstić information content (AvgIpc) is 2.85. The molecule has 90 valence electrons. The molecule has 1 saturated heterocycles. The van der Waals surface area contributed by atoms with E-state index in [1.54, 1.807) is 0 Å². The maximum absolute atomic E-state index is 4.23. The lowest BCUT2D eigenvalue weighted by Crippen LogP contribution is -2.24. The SMILES string of the molecule is CC(C)(C)c1cn(CCN2CCCC2)nn1. The van der Waals surface area contributed by atoms with Crippen molar-refractivity contribution in [2.75, 3.05) is 19.6 Å². The van der Waals surface area contributed by atoms with Crippen LogP contribution in [0.5, 0.6) is 0 Å². The Morgan fingerprint density at radius 1 is 1.19 bits per heavy atom. The first-order chi connectivity index (χ1) is 7.55. The molecule has 0 saturated carbocycles. The highest BCUT2D eigenvalue weighted by Crippen LogP contribution is 2.18. The molecular weight excluding hydrogens is 200 g/mol. The molecule has 0 unspecified atom stereocenters. The minimum absolute atomic E-state index is 0.103. The number of nitrogens with zero attached hydrogens (tertiary/aromatic N) is 4. The van der Waals surface area contributed by atoms with Gasteiger partial charge in [-0.25, -0.2) is 0 Å². The average molecular weight is 222 g/mol. The van der Waals surface area contributed by atoms with Gasteiger partial charge in [0.2, 0.25) is 0 Å². The van der Waals surface area contributed by atoms with E-state index in [1.807, 2.05) is 4.68 Å². The zero-order chi connectivity index (χ0) is 11.6. The number of hydrogen-bond acceptors (Lipinski definition) is 3. The fourth-order valence-electron chi connectivity index (χ4n) is 2.00. The van der Waals surface area contributed by atoms with E-state index < -0.39 is 0 Å². The van der Waals surface area contributed by atoms with Crippen molar-refractivity contribution in [2.24, 2.45) is 0 Å². The van der Waals surface area contributed by atoms with Crippen molar-refractivity contribution in [3.05, 3.63) is 11.9 Å². The van der Waals surface area contributed by atoms with E-state index in [2.05, 4.69) is 42.2 Å². The highest BCUT2D eigenvalue weighted by atomic mass is 15.4. The van der Waals surface area contributed by atoms with Crippen molar-refractivity contribution in [2.45, 2.75) is 45.6 Å². The standard InChI is InChI=1S/C12H22N4/c1-12(2,3)11-10-16(14-13-11)9-8-15-6-4-5-7-15/h10H,4-9H2,1-3H3. The van der Waals surface area contributed by atoms with Crippen LogP contribution in [0.2, 0.25) is 0 Å². The first-order valence-electron chi connectivity index (χ1n) is 6.19. The van der Waals surface area contributed by atoms with Crippen LogP contribution < -0.4 is 0 Å². The van der Waals surface area contributed by atoms with Gasteiger partial charge < -0.3 is 4.90 Å². The van der Waals surface area contributed by atoms with E-state index in [1.165, 1.54) is 25.9 Å². The lowest BCUT2D eigenvalue weighted by atomic mass is 9.93. The van der Waals surface area contributed by atoms with Crippen LogP contribution in [0.1, 0.15) is 39.3 Å². The Balaban J connectivity index is 1.87. The van der Waals surface area contributed by atoms with Crippen molar-refractivity contribution in [3.63, 3.8) is 0 Å². The van der Waals surface area contributed by atoms with Crippen molar-refractivity contribution in [1.29, 1.82) is 0 Å². The van der Waals surface area contributed by atoms with Gasteiger partial charge in [0.05, 0.1) is 12.2 Å². The molecule has 4 nitrogen and oxygen atoms in total. The molecule has 1 fully saturated rings. The molecular formula is C12H22N4. The topological polar surface area (TPSA) is 34.0 Å². The quantitative estimate of drug-likeness (QED) is 0.780. The summed E-state index contributed by atoms with van der Waals surface area (Å²) < 4.78 is 1.97. The summed E-state index contributed by atoms with van der Waals surface area (Å²) in [4.78, 5) is 2.50. The minimum Gasteiger partial charge on any atom is -0.301 e. The summed E-state index contributed by atoms with van der Waals surface area (Å²) >= 11 is 0. The zero-order valence-corrected chi connectivity index (χ0v) is 10.6. The van der Waals surface area contributed by atoms with Gasteiger partial charge in [0.25, 0.3) is 0 Å². The maximum atomic E-state index is 4.23. The lowest BCUT2D eigenvalue weighted by molar-refractivity contribution is 0.314. The van der Waals surface area contributed by atoms with E-state index in [0.717, 1.165) is 18.8 Å². The van der Waals surface area contributed by atoms with Crippen LogP contribution in [0, 0.1) is 0 Å². The highest BCUT2D eigenvalue weighted by Gasteiger charge is 2.18. The maximum Gasteiger partial charge on any atom is 0.0880 e. The molecule has 1 aromatic heterocycles. The number of likely N-dealkylation sites (tertiary alicyclic amines) is 1. The molecule has 0 aromatic carbocycles. The Morgan fingerprint density at radius 3 is 2.44 bits per heavy atom. The van der Waals surface area contributed by atoms with E-state index in [4.69, 9.17) is 0 Å². The molecule has 0 atom stereocenters. The molecule has 1 aliphatic rings. The molecule has 4 heteroatoms. The van der Waals surface area contributed by atoms with Crippen LogP contribution in [-0.4, -0.2) is 39.5 Å². The number of aromatic nitrogens is 3. The second kappa shape index (κ2) is 4.53. The number of hydrogen-bond donors (Lipinski definition) is 0. The first kappa shape index (κ1) is 11.6. The Morgan fingerprint density at radius 2 is 1.88 bits per heavy atom. The molecule has 16 heavy (non-hydrogen) atoms. The van der Waals surface area contributed by atoms with E-state index in [9.17, 15) is 0 Å². The molecule has 2 rings (SSSR count). The Labute approximate surface area is 97.6 Å². The van der Waals surface area contributed by atoms with E-state index in [0.29, 0.717) is 0 Å². The largest absolute Gasteiger partial charge is 0.301 e. The van der Waals surface area contributed by atoms with Gasteiger partial charge in [-0.3, -0.25) is 4.68 Å². The lowest BCUT2D eigenvalue weighted by Gasteiger charge is -2.14. The van der Waals surface area contributed by atoms with Gasteiger partial charge in [-0.15, -0.1) is 5.10 Å².